The van der Waals surface area contributed by atoms with Gasteiger partial charge in [-0.3, -0.25) is 4.68 Å². The van der Waals surface area contributed by atoms with Crippen LogP contribution in [0.3, 0.4) is 0 Å². The topological polar surface area (TPSA) is 17.8 Å². The van der Waals surface area contributed by atoms with E-state index in [1.54, 1.807) is 0 Å². The molecule has 0 fully saturated rings. The Hall–Kier alpha value is -0.310. The molecule has 0 bridgehead atoms. The first kappa shape index (κ1) is 12.8. The van der Waals surface area contributed by atoms with Gasteiger partial charge in [0.15, 0.2) is 0 Å². The van der Waals surface area contributed by atoms with Crippen LogP contribution in [-0.4, -0.2) is 15.1 Å². The van der Waals surface area contributed by atoms with Gasteiger partial charge in [-0.15, -0.1) is 0 Å². The molecule has 0 saturated carbocycles. The molecule has 0 aromatic carbocycles. The Morgan fingerprint density at radius 1 is 1.47 bits per heavy atom. The number of hydrogen-bond donors (Lipinski definition) is 0. The maximum absolute atomic E-state index is 4.58. The highest BCUT2D eigenvalue weighted by molar-refractivity contribution is 9.09. The second-order valence-electron chi connectivity index (χ2n) is 4.39. The van der Waals surface area contributed by atoms with Gasteiger partial charge in [-0.25, -0.2) is 0 Å². The predicted octanol–water partition coefficient (Wildman–Crippen LogP) is 3.82. The Balaban J connectivity index is 2.55. The minimum Gasteiger partial charge on any atom is -0.270 e. The van der Waals surface area contributed by atoms with E-state index in [0.29, 0.717) is 6.04 Å². The third-order valence-electron chi connectivity index (χ3n) is 2.61. The zero-order valence-corrected chi connectivity index (χ0v) is 11.5. The first-order chi connectivity index (χ1) is 7.17. The Morgan fingerprint density at radius 2 is 2.20 bits per heavy atom. The molecule has 0 radical (unpaired) electrons. The van der Waals surface area contributed by atoms with E-state index in [1.807, 2.05) is 4.68 Å². The van der Waals surface area contributed by atoms with Gasteiger partial charge in [-0.1, -0.05) is 29.3 Å². The van der Waals surface area contributed by atoms with Crippen LogP contribution in [0.1, 0.15) is 45.3 Å². The monoisotopic (exact) mass is 272 g/mol. The van der Waals surface area contributed by atoms with Crippen LogP contribution in [-0.2, 0) is 6.42 Å². The second kappa shape index (κ2) is 6.31. The molecule has 0 saturated heterocycles. The lowest BCUT2D eigenvalue weighted by molar-refractivity contribution is 0.498. The van der Waals surface area contributed by atoms with Crippen molar-refractivity contribution in [1.29, 1.82) is 0 Å². The molecule has 1 aromatic heterocycles. The quantitative estimate of drug-likeness (QED) is 0.720. The molecule has 1 rings (SSSR count). The van der Waals surface area contributed by atoms with Gasteiger partial charge in [0.05, 0.1) is 5.69 Å². The number of rotatable bonds is 6. The summed E-state index contributed by atoms with van der Waals surface area (Å²) in [6.07, 6.45) is 5.71. The first-order valence-corrected chi connectivity index (χ1v) is 6.89. The molecule has 0 aliphatic heterocycles. The summed E-state index contributed by atoms with van der Waals surface area (Å²) in [6.45, 7) is 6.55. The lowest BCUT2D eigenvalue weighted by Gasteiger charge is -2.10. The molecule has 0 aliphatic carbocycles. The van der Waals surface area contributed by atoms with Crippen molar-refractivity contribution in [2.24, 2.45) is 5.92 Å². The molecule has 1 unspecified atom stereocenters. The number of hydrogen-bond acceptors (Lipinski definition) is 1. The maximum Gasteiger partial charge on any atom is 0.0627 e. The summed E-state index contributed by atoms with van der Waals surface area (Å²) in [5, 5.41) is 5.65. The van der Waals surface area contributed by atoms with Gasteiger partial charge in [-0.2, -0.15) is 5.10 Å². The van der Waals surface area contributed by atoms with E-state index in [0.717, 1.165) is 17.7 Å². The zero-order chi connectivity index (χ0) is 11.3. The lowest BCUT2D eigenvalue weighted by atomic mass is 10.0. The summed E-state index contributed by atoms with van der Waals surface area (Å²) in [4.78, 5) is 0. The molecule has 3 heteroatoms. The van der Waals surface area contributed by atoms with Crippen molar-refractivity contribution >= 4 is 15.9 Å². The van der Waals surface area contributed by atoms with E-state index in [1.165, 1.54) is 18.5 Å². The summed E-state index contributed by atoms with van der Waals surface area (Å²) in [7, 11) is 0. The van der Waals surface area contributed by atoms with Crippen molar-refractivity contribution in [3.63, 3.8) is 0 Å². The van der Waals surface area contributed by atoms with Crippen molar-refractivity contribution < 1.29 is 0 Å². The SMILES string of the molecule is CCCC(CBr)Cc1ccn(C(C)C)n1. The normalized spacial score (nSPS) is 13.4. The number of nitrogens with zero attached hydrogens (tertiary/aromatic N) is 2. The Morgan fingerprint density at radius 3 is 2.67 bits per heavy atom. The fourth-order valence-corrected chi connectivity index (χ4v) is 2.26. The number of alkyl halides is 1. The molecule has 0 aliphatic rings. The average molecular weight is 273 g/mol. The first-order valence-electron chi connectivity index (χ1n) is 5.77. The largest absolute Gasteiger partial charge is 0.270 e. The van der Waals surface area contributed by atoms with E-state index in [2.05, 4.69) is 54.1 Å². The van der Waals surface area contributed by atoms with Crippen molar-refractivity contribution in [3.8, 4) is 0 Å². The van der Waals surface area contributed by atoms with E-state index in [9.17, 15) is 0 Å². The van der Waals surface area contributed by atoms with E-state index < -0.39 is 0 Å². The number of halogens is 1. The molecule has 0 N–H and O–H groups in total. The van der Waals surface area contributed by atoms with Crippen molar-refractivity contribution in [2.75, 3.05) is 5.33 Å². The van der Waals surface area contributed by atoms with Crippen LogP contribution < -0.4 is 0 Å². The second-order valence-corrected chi connectivity index (χ2v) is 5.04. The van der Waals surface area contributed by atoms with E-state index in [4.69, 9.17) is 0 Å². The lowest BCUT2D eigenvalue weighted by Crippen LogP contribution is -2.08. The molecule has 2 nitrogen and oxygen atoms in total. The van der Waals surface area contributed by atoms with Gasteiger partial charge in [0.25, 0.3) is 0 Å². The predicted molar refractivity (Wildman–Crippen MR) is 68.5 cm³/mol. The van der Waals surface area contributed by atoms with Crippen LogP contribution in [0.5, 0.6) is 0 Å². The standard InChI is InChI=1S/C12H21BrN2/c1-4-5-11(9-13)8-12-6-7-15(14-12)10(2)3/h6-7,10-11H,4-5,8-9H2,1-3H3. The molecular formula is C12H21BrN2. The van der Waals surface area contributed by atoms with Crippen LogP contribution >= 0.6 is 15.9 Å². The summed E-state index contributed by atoms with van der Waals surface area (Å²) in [5.74, 6) is 0.727. The summed E-state index contributed by atoms with van der Waals surface area (Å²) in [5.41, 5.74) is 1.22. The van der Waals surface area contributed by atoms with Gasteiger partial charge in [0.1, 0.15) is 0 Å². The fourth-order valence-electron chi connectivity index (χ4n) is 1.71. The van der Waals surface area contributed by atoms with Gasteiger partial charge in [0.2, 0.25) is 0 Å². The minimum absolute atomic E-state index is 0.465. The molecule has 0 amide bonds. The highest BCUT2D eigenvalue weighted by Crippen LogP contribution is 2.16. The number of aromatic nitrogens is 2. The molecule has 1 atom stereocenters. The minimum atomic E-state index is 0.465. The van der Waals surface area contributed by atoms with Crippen molar-refractivity contribution in [3.05, 3.63) is 18.0 Å². The van der Waals surface area contributed by atoms with E-state index in [-0.39, 0.29) is 0 Å². The van der Waals surface area contributed by atoms with Crippen LogP contribution in [0, 0.1) is 5.92 Å². The van der Waals surface area contributed by atoms with Crippen LogP contribution in [0.2, 0.25) is 0 Å². The summed E-state index contributed by atoms with van der Waals surface area (Å²) >= 11 is 3.58. The maximum atomic E-state index is 4.58. The Kier molecular flexibility index (Phi) is 5.37. The Labute approximate surface area is 101 Å². The third-order valence-corrected chi connectivity index (χ3v) is 3.52. The van der Waals surface area contributed by atoms with Gasteiger partial charge in [0, 0.05) is 17.6 Å². The third kappa shape index (κ3) is 3.98. The molecule has 1 heterocycles. The molecular weight excluding hydrogens is 252 g/mol. The van der Waals surface area contributed by atoms with Crippen molar-refractivity contribution in [1.82, 2.24) is 9.78 Å². The summed E-state index contributed by atoms with van der Waals surface area (Å²) in [6, 6.07) is 2.61. The Bertz CT molecular complexity index is 281. The van der Waals surface area contributed by atoms with Gasteiger partial charge < -0.3 is 0 Å². The fraction of sp³-hybridized carbons (Fsp3) is 0.750. The van der Waals surface area contributed by atoms with E-state index >= 15 is 0 Å². The molecule has 15 heavy (non-hydrogen) atoms. The van der Waals surface area contributed by atoms with Crippen molar-refractivity contribution in [2.45, 2.75) is 46.1 Å². The van der Waals surface area contributed by atoms with Crippen LogP contribution in [0.4, 0.5) is 0 Å². The van der Waals surface area contributed by atoms with Gasteiger partial charge >= 0.3 is 0 Å². The molecule has 86 valence electrons. The molecule has 0 spiro atoms. The highest BCUT2D eigenvalue weighted by atomic mass is 79.9. The zero-order valence-electron chi connectivity index (χ0n) is 9.91. The van der Waals surface area contributed by atoms with Crippen LogP contribution in [0.15, 0.2) is 12.3 Å². The average Bonchev–Trinajstić information content (AvgIpc) is 2.65. The highest BCUT2D eigenvalue weighted by Gasteiger charge is 2.09. The summed E-state index contributed by atoms with van der Waals surface area (Å²) < 4.78 is 2.03. The molecule has 1 aromatic rings. The van der Waals surface area contributed by atoms with Gasteiger partial charge in [-0.05, 0) is 38.7 Å². The smallest absolute Gasteiger partial charge is 0.0627 e. The van der Waals surface area contributed by atoms with Crippen LogP contribution in [0.25, 0.3) is 0 Å².